The molecule has 0 N–H and O–H groups in total. The third kappa shape index (κ3) is 4.61. The molecule has 2 aromatic heterocycles. The van der Waals surface area contributed by atoms with Gasteiger partial charge in [-0.1, -0.05) is 140 Å². The highest BCUT2D eigenvalue weighted by molar-refractivity contribution is 7.26. The van der Waals surface area contributed by atoms with E-state index in [1.54, 1.807) is 0 Å². The van der Waals surface area contributed by atoms with Crippen molar-refractivity contribution in [3.8, 4) is 45.3 Å². The van der Waals surface area contributed by atoms with Crippen LogP contribution in [0.3, 0.4) is 0 Å². The van der Waals surface area contributed by atoms with Crippen LogP contribution in [0.4, 0.5) is 0 Å². The third-order valence-electron chi connectivity index (χ3n) is 9.49. The van der Waals surface area contributed by atoms with Crippen molar-refractivity contribution in [1.29, 1.82) is 0 Å². The van der Waals surface area contributed by atoms with Gasteiger partial charge in [0.05, 0.1) is 0 Å². The van der Waals surface area contributed by atoms with E-state index in [1.165, 1.54) is 63.6 Å². The molecule has 10 rings (SSSR count). The van der Waals surface area contributed by atoms with Gasteiger partial charge in [0.15, 0.2) is 17.5 Å². The van der Waals surface area contributed by atoms with Crippen LogP contribution in [0, 0.1) is 0 Å². The van der Waals surface area contributed by atoms with E-state index in [9.17, 15) is 0 Å². The second-order valence-electron chi connectivity index (χ2n) is 12.4. The van der Waals surface area contributed by atoms with E-state index in [4.69, 9.17) is 15.0 Å². The van der Waals surface area contributed by atoms with Crippen LogP contribution in [0.5, 0.6) is 0 Å². The van der Waals surface area contributed by atoms with Crippen LogP contribution < -0.4 is 0 Å². The van der Waals surface area contributed by atoms with Gasteiger partial charge >= 0.3 is 0 Å². The molecule has 2 heterocycles. The number of aromatic nitrogens is 3. The molecule has 0 spiro atoms. The van der Waals surface area contributed by atoms with Crippen molar-refractivity contribution >= 4 is 63.8 Å². The van der Waals surface area contributed by atoms with Gasteiger partial charge in [-0.2, -0.15) is 0 Å². The number of thiophene rings is 1. The zero-order chi connectivity index (χ0) is 32.3. The first-order valence-corrected chi connectivity index (χ1v) is 17.3. The fourth-order valence-electron chi connectivity index (χ4n) is 7.23. The van der Waals surface area contributed by atoms with E-state index in [2.05, 4.69) is 146 Å². The number of fused-ring (bicyclic) bond motifs is 9. The molecular weight excluding hydrogens is 615 g/mol. The Morgan fingerprint density at radius 2 is 0.796 bits per heavy atom. The standard InChI is InChI=1S/C45H27N3S/c1-3-13-28(14-4-1)38-26-31(27-41-42(38)37-21-11-12-22-40(37)49-41)45-47-43(29-15-5-2-6-16-29)46-44(48-45)30-23-24-36-34-19-8-7-17-32(34)33-18-9-10-20-35(33)39(36)25-30/h1-27H. The molecule has 10 aromatic rings. The van der Waals surface area contributed by atoms with Crippen molar-refractivity contribution in [1.82, 2.24) is 15.0 Å². The molecule has 3 nitrogen and oxygen atoms in total. The van der Waals surface area contributed by atoms with Crippen LogP contribution in [0.15, 0.2) is 164 Å². The van der Waals surface area contributed by atoms with Crippen molar-refractivity contribution in [3.05, 3.63) is 164 Å². The molecule has 0 unspecified atom stereocenters. The molecule has 0 aliphatic heterocycles. The predicted octanol–water partition coefficient (Wildman–Crippen LogP) is 12.4. The Labute approximate surface area is 286 Å². The van der Waals surface area contributed by atoms with Gasteiger partial charge in [0.1, 0.15) is 0 Å². The van der Waals surface area contributed by atoms with Crippen molar-refractivity contribution in [2.75, 3.05) is 0 Å². The van der Waals surface area contributed by atoms with Crippen LogP contribution >= 0.6 is 11.3 Å². The van der Waals surface area contributed by atoms with Crippen molar-refractivity contribution in [3.63, 3.8) is 0 Å². The fourth-order valence-corrected chi connectivity index (χ4v) is 8.40. The van der Waals surface area contributed by atoms with Crippen LogP contribution in [0.2, 0.25) is 0 Å². The molecule has 4 heteroatoms. The Hall–Kier alpha value is -6.23. The van der Waals surface area contributed by atoms with E-state index in [1.807, 2.05) is 29.5 Å². The monoisotopic (exact) mass is 641 g/mol. The topological polar surface area (TPSA) is 38.7 Å². The molecule has 0 fully saturated rings. The molecule has 0 radical (unpaired) electrons. The zero-order valence-corrected chi connectivity index (χ0v) is 27.2. The summed E-state index contributed by atoms with van der Waals surface area (Å²) in [6.45, 7) is 0. The highest BCUT2D eigenvalue weighted by atomic mass is 32.1. The van der Waals surface area contributed by atoms with Crippen LogP contribution in [0.25, 0.3) is 97.8 Å². The number of hydrogen-bond donors (Lipinski definition) is 0. The lowest BCUT2D eigenvalue weighted by atomic mass is 9.93. The summed E-state index contributed by atoms with van der Waals surface area (Å²) in [5, 5.41) is 9.91. The van der Waals surface area contributed by atoms with Gasteiger partial charge in [0.2, 0.25) is 0 Å². The molecule has 8 aromatic carbocycles. The molecule has 0 aliphatic rings. The minimum Gasteiger partial charge on any atom is -0.208 e. The van der Waals surface area contributed by atoms with E-state index >= 15 is 0 Å². The van der Waals surface area contributed by atoms with E-state index in [0.29, 0.717) is 17.5 Å². The van der Waals surface area contributed by atoms with Gasteiger partial charge in [0.25, 0.3) is 0 Å². The summed E-state index contributed by atoms with van der Waals surface area (Å²) in [6.07, 6.45) is 0. The van der Waals surface area contributed by atoms with E-state index < -0.39 is 0 Å². The lowest BCUT2D eigenvalue weighted by Crippen LogP contribution is -2.00. The summed E-state index contributed by atoms with van der Waals surface area (Å²) in [5.41, 5.74) is 5.23. The molecule has 0 saturated heterocycles. The lowest BCUT2D eigenvalue weighted by Gasteiger charge is -2.13. The first kappa shape index (κ1) is 27.8. The van der Waals surface area contributed by atoms with Crippen LogP contribution in [-0.2, 0) is 0 Å². The summed E-state index contributed by atoms with van der Waals surface area (Å²) in [7, 11) is 0. The lowest BCUT2D eigenvalue weighted by molar-refractivity contribution is 1.08. The summed E-state index contributed by atoms with van der Waals surface area (Å²) < 4.78 is 2.48. The first-order valence-electron chi connectivity index (χ1n) is 16.4. The highest BCUT2D eigenvalue weighted by Crippen LogP contribution is 2.43. The molecule has 0 saturated carbocycles. The first-order chi connectivity index (χ1) is 24.3. The molecule has 228 valence electrons. The largest absolute Gasteiger partial charge is 0.208 e. The van der Waals surface area contributed by atoms with E-state index in [0.717, 1.165) is 16.7 Å². The Bertz CT molecular complexity index is 2840. The predicted molar refractivity (Wildman–Crippen MR) is 207 cm³/mol. The molecule has 0 aliphatic carbocycles. The quantitative estimate of drug-likeness (QED) is 0.180. The zero-order valence-electron chi connectivity index (χ0n) is 26.3. The third-order valence-corrected chi connectivity index (χ3v) is 10.6. The average molecular weight is 642 g/mol. The summed E-state index contributed by atoms with van der Waals surface area (Å²) in [5.74, 6) is 1.96. The SMILES string of the molecule is c1ccc(-c2nc(-c3cc(-c4ccccc4)c4c(c3)sc3ccccc34)nc(-c3ccc4c5ccccc5c5ccccc5c4c3)n2)cc1. The summed E-state index contributed by atoms with van der Waals surface area (Å²) in [4.78, 5) is 15.5. The van der Waals surface area contributed by atoms with Gasteiger partial charge in [-0.05, 0) is 67.7 Å². The fraction of sp³-hybridized carbons (Fsp3) is 0. The number of benzene rings is 8. The van der Waals surface area contributed by atoms with Gasteiger partial charge in [0, 0.05) is 36.9 Å². The van der Waals surface area contributed by atoms with Crippen molar-refractivity contribution in [2.24, 2.45) is 0 Å². The second-order valence-corrected chi connectivity index (χ2v) is 13.5. The number of hydrogen-bond acceptors (Lipinski definition) is 4. The molecule has 0 bridgehead atoms. The second kappa shape index (κ2) is 11.2. The summed E-state index contributed by atoms with van der Waals surface area (Å²) >= 11 is 1.81. The maximum Gasteiger partial charge on any atom is 0.164 e. The Balaban J connectivity index is 1.24. The molecule has 0 atom stereocenters. The van der Waals surface area contributed by atoms with Crippen LogP contribution in [-0.4, -0.2) is 15.0 Å². The normalized spacial score (nSPS) is 11.7. The van der Waals surface area contributed by atoms with Gasteiger partial charge in [-0.15, -0.1) is 11.3 Å². The molecule has 49 heavy (non-hydrogen) atoms. The smallest absolute Gasteiger partial charge is 0.164 e. The maximum atomic E-state index is 5.23. The van der Waals surface area contributed by atoms with Gasteiger partial charge in [-0.25, -0.2) is 15.0 Å². The Morgan fingerprint density at radius 3 is 1.45 bits per heavy atom. The van der Waals surface area contributed by atoms with Gasteiger partial charge < -0.3 is 0 Å². The Kier molecular flexibility index (Phi) is 6.36. The highest BCUT2D eigenvalue weighted by Gasteiger charge is 2.18. The molecule has 0 amide bonds. The van der Waals surface area contributed by atoms with Crippen molar-refractivity contribution in [2.45, 2.75) is 0 Å². The number of rotatable bonds is 4. The maximum absolute atomic E-state index is 5.23. The average Bonchev–Trinajstić information content (AvgIpc) is 3.57. The molecular formula is C45H27N3S. The van der Waals surface area contributed by atoms with Gasteiger partial charge in [-0.3, -0.25) is 0 Å². The minimum absolute atomic E-state index is 0.653. The van der Waals surface area contributed by atoms with E-state index in [-0.39, 0.29) is 0 Å². The number of nitrogens with zero attached hydrogens (tertiary/aromatic N) is 3. The summed E-state index contributed by atoms with van der Waals surface area (Å²) in [6, 6.07) is 58.0. The van der Waals surface area contributed by atoms with Crippen molar-refractivity contribution < 1.29 is 0 Å². The minimum atomic E-state index is 0.653. The van der Waals surface area contributed by atoms with Crippen LogP contribution in [0.1, 0.15) is 0 Å². The Morgan fingerprint density at radius 1 is 0.306 bits per heavy atom.